The number of carbonyl (C=O) groups is 2. The van der Waals surface area contributed by atoms with Gasteiger partial charge in [-0.2, -0.15) is 0 Å². The summed E-state index contributed by atoms with van der Waals surface area (Å²) in [7, 11) is 0. The van der Waals surface area contributed by atoms with Crippen LogP contribution in [-0.4, -0.2) is 36.0 Å². The van der Waals surface area contributed by atoms with Crippen molar-refractivity contribution in [1.82, 2.24) is 4.90 Å². The predicted octanol–water partition coefficient (Wildman–Crippen LogP) is 1.47. The monoisotopic (exact) mass is 304 g/mol. The van der Waals surface area contributed by atoms with Crippen molar-refractivity contribution in [2.24, 2.45) is 5.92 Å². The van der Waals surface area contributed by atoms with Crippen molar-refractivity contribution in [3.63, 3.8) is 0 Å². The zero-order chi connectivity index (χ0) is 16.1. The average Bonchev–Trinajstić information content (AvgIpc) is 2.96. The third kappa shape index (κ3) is 4.00. The van der Waals surface area contributed by atoms with Gasteiger partial charge in [0.2, 0.25) is 0 Å². The Labute approximate surface area is 130 Å². The number of nitrogens with zero attached hydrogens (tertiary/aromatic N) is 1. The highest BCUT2D eigenvalue weighted by atomic mass is 16.5. The molecule has 5 nitrogen and oxygen atoms in total. The lowest BCUT2D eigenvalue weighted by Crippen LogP contribution is -2.46. The number of hydrogen-bond acceptors (Lipinski definition) is 4. The standard InChI is InChI=1S/C17H23NO4/c1-12(2)9-11-22-14-7-5-13(6-8-14)16(19)18-10-3-4-15(18)17(20)21/h5-8,12,15H,3-4,9-11H2,1-2H3,(H,20,21)/p-1/t15-/m0/s1. The first-order chi connectivity index (χ1) is 10.5. The van der Waals surface area contributed by atoms with Gasteiger partial charge in [-0.1, -0.05) is 13.8 Å². The Morgan fingerprint density at radius 2 is 2.00 bits per heavy atom. The summed E-state index contributed by atoms with van der Waals surface area (Å²) < 4.78 is 5.61. The fraction of sp³-hybridized carbons (Fsp3) is 0.529. The molecule has 0 saturated carbocycles. The van der Waals surface area contributed by atoms with Crippen molar-refractivity contribution in [3.8, 4) is 5.75 Å². The maximum atomic E-state index is 12.4. The van der Waals surface area contributed by atoms with E-state index in [1.165, 1.54) is 4.90 Å². The summed E-state index contributed by atoms with van der Waals surface area (Å²) in [5, 5.41) is 11.1. The Morgan fingerprint density at radius 1 is 1.32 bits per heavy atom. The molecular formula is C17H22NO4-. The molecule has 1 heterocycles. The van der Waals surface area contributed by atoms with Crippen LogP contribution in [0.5, 0.6) is 5.75 Å². The summed E-state index contributed by atoms with van der Waals surface area (Å²) in [5.41, 5.74) is 0.476. The van der Waals surface area contributed by atoms with Crippen molar-refractivity contribution >= 4 is 11.9 Å². The Balaban J connectivity index is 1.97. The molecule has 2 rings (SSSR count). The summed E-state index contributed by atoms with van der Waals surface area (Å²) in [4.78, 5) is 24.8. The second kappa shape index (κ2) is 7.29. The number of carboxylic acids is 1. The van der Waals surface area contributed by atoms with Gasteiger partial charge in [0.15, 0.2) is 0 Å². The molecule has 1 fully saturated rings. The molecule has 0 N–H and O–H groups in total. The van der Waals surface area contributed by atoms with Crippen LogP contribution in [0.15, 0.2) is 24.3 Å². The maximum Gasteiger partial charge on any atom is 0.254 e. The third-order valence-electron chi connectivity index (χ3n) is 3.85. The summed E-state index contributed by atoms with van der Waals surface area (Å²) in [6.45, 7) is 5.37. The van der Waals surface area contributed by atoms with E-state index in [1.807, 2.05) is 0 Å². The van der Waals surface area contributed by atoms with E-state index in [9.17, 15) is 14.7 Å². The fourth-order valence-electron chi connectivity index (χ4n) is 2.53. The van der Waals surface area contributed by atoms with E-state index in [0.29, 0.717) is 37.5 Å². The highest BCUT2D eigenvalue weighted by molar-refractivity contribution is 5.96. The average molecular weight is 304 g/mol. The highest BCUT2D eigenvalue weighted by Gasteiger charge is 2.30. The first kappa shape index (κ1) is 16.3. The van der Waals surface area contributed by atoms with Crippen molar-refractivity contribution in [2.45, 2.75) is 39.2 Å². The van der Waals surface area contributed by atoms with Crippen LogP contribution in [0.3, 0.4) is 0 Å². The SMILES string of the molecule is CC(C)CCOc1ccc(C(=O)N2CCC[C@H]2C(=O)[O-])cc1. The second-order valence-corrected chi connectivity index (χ2v) is 6.03. The van der Waals surface area contributed by atoms with Crippen LogP contribution in [0, 0.1) is 5.92 Å². The van der Waals surface area contributed by atoms with E-state index in [0.717, 1.165) is 12.2 Å². The molecule has 1 saturated heterocycles. The zero-order valence-corrected chi connectivity index (χ0v) is 13.1. The first-order valence-electron chi connectivity index (χ1n) is 7.73. The summed E-state index contributed by atoms with van der Waals surface area (Å²) in [5.74, 6) is -0.146. The van der Waals surface area contributed by atoms with Crippen LogP contribution in [0.1, 0.15) is 43.5 Å². The van der Waals surface area contributed by atoms with Gasteiger partial charge in [0.25, 0.3) is 5.91 Å². The van der Waals surface area contributed by atoms with Gasteiger partial charge in [-0.25, -0.2) is 0 Å². The van der Waals surface area contributed by atoms with Gasteiger partial charge in [0.1, 0.15) is 5.75 Å². The summed E-state index contributed by atoms with van der Waals surface area (Å²) in [6, 6.07) is 6.04. The van der Waals surface area contributed by atoms with Crippen LogP contribution in [0.2, 0.25) is 0 Å². The Bertz CT molecular complexity index is 524. The predicted molar refractivity (Wildman–Crippen MR) is 80.5 cm³/mol. The maximum absolute atomic E-state index is 12.4. The molecule has 1 amide bonds. The van der Waals surface area contributed by atoms with Crippen molar-refractivity contribution < 1.29 is 19.4 Å². The zero-order valence-electron chi connectivity index (χ0n) is 13.1. The van der Waals surface area contributed by atoms with Gasteiger partial charge in [0.05, 0.1) is 18.6 Å². The largest absolute Gasteiger partial charge is 0.548 e. The van der Waals surface area contributed by atoms with E-state index in [4.69, 9.17) is 4.74 Å². The Hall–Kier alpha value is -2.04. The number of ether oxygens (including phenoxy) is 1. The molecule has 1 aliphatic rings. The van der Waals surface area contributed by atoms with Crippen LogP contribution >= 0.6 is 0 Å². The van der Waals surface area contributed by atoms with Crippen LogP contribution in [0.4, 0.5) is 0 Å². The molecule has 1 aromatic rings. The highest BCUT2D eigenvalue weighted by Crippen LogP contribution is 2.21. The molecule has 0 radical (unpaired) electrons. The Kier molecular flexibility index (Phi) is 5.41. The van der Waals surface area contributed by atoms with E-state index >= 15 is 0 Å². The minimum absolute atomic E-state index is 0.263. The first-order valence-corrected chi connectivity index (χ1v) is 7.73. The fourth-order valence-corrected chi connectivity index (χ4v) is 2.53. The third-order valence-corrected chi connectivity index (χ3v) is 3.85. The minimum atomic E-state index is -1.18. The number of likely N-dealkylation sites (tertiary alicyclic amines) is 1. The number of benzene rings is 1. The van der Waals surface area contributed by atoms with Crippen LogP contribution in [0.25, 0.3) is 0 Å². The number of carboxylic acid groups (broad SMARTS) is 1. The summed E-state index contributed by atoms with van der Waals surface area (Å²) >= 11 is 0. The van der Waals surface area contributed by atoms with Gasteiger partial charge in [-0.05, 0) is 49.4 Å². The molecule has 1 aliphatic heterocycles. The normalized spacial score (nSPS) is 17.8. The molecule has 22 heavy (non-hydrogen) atoms. The van der Waals surface area contributed by atoms with Crippen molar-refractivity contribution in [1.29, 1.82) is 0 Å². The molecule has 0 aliphatic carbocycles. The van der Waals surface area contributed by atoms with Gasteiger partial charge in [-0.3, -0.25) is 4.79 Å². The lowest BCUT2D eigenvalue weighted by Gasteiger charge is -2.25. The molecular weight excluding hydrogens is 282 g/mol. The number of aliphatic carboxylic acids is 1. The Morgan fingerprint density at radius 3 is 2.59 bits per heavy atom. The molecule has 120 valence electrons. The number of rotatable bonds is 6. The molecule has 1 atom stereocenters. The molecule has 0 unspecified atom stereocenters. The van der Waals surface area contributed by atoms with E-state index in [2.05, 4.69) is 13.8 Å². The van der Waals surface area contributed by atoms with E-state index < -0.39 is 12.0 Å². The lowest BCUT2D eigenvalue weighted by molar-refractivity contribution is -0.310. The molecule has 0 aromatic heterocycles. The molecule has 0 spiro atoms. The smallest absolute Gasteiger partial charge is 0.254 e. The van der Waals surface area contributed by atoms with E-state index in [-0.39, 0.29) is 5.91 Å². The number of hydrogen-bond donors (Lipinski definition) is 0. The quantitative estimate of drug-likeness (QED) is 0.798. The van der Waals surface area contributed by atoms with E-state index in [1.54, 1.807) is 24.3 Å². The van der Waals surface area contributed by atoms with Crippen molar-refractivity contribution in [2.75, 3.05) is 13.2 Å². The van der Waals surface area contributed by atoms with Gasteiger partial charge in [-0.15, -0.1) is 0 Å². The molecule has 1 aromatic carbocycles. The minimum Gasteiger partial charge on any atom is -0.548 e. The van der Waals surface area contributed by atoms with Crippen molar-refractivity contribution in [3.05, 3.63) is 29.8 Å². The second-order valence-electron chi connectivity index (χ2n) is 6.03. The lowest BCUT2D eigenvalue weighted by atomic mass is 10.1. The van der Waals surface area contributed by atoms with Crippen LogP contribution in [-0.2, 0) is 4.79 Å². The molecule has 5 heteroatoms. The van der Waals surface area contributed by atoms with Gasteiger partial charge >= 0.3 is 0 Å². The topological polar surface area (TPSA) is 69.7 Å². The molecule has 0 bridgehead atoms. The summed E-state index contributed by atoms with van der Waals surface area (Å²) in [6.07, 6.45) is 2.13. The van der Waals surface area contributed by atoms with Gasteiger partial charge in [0, 0.05) is 12.1 Å². The van der Waals surface area contributed by atoms with Gasteiger partial charge < -0.3 is 19.5 Å². The van der Waals surface area contributed by atoms with Crippen LogP contribution < -0.4 is 9.84 Å². The number of carbonyl (C=O) groups excluding carboxylic acids is 2. The number of amides is 1.